The number of rotatable bonds is 4. The molecule has 0 heterocycles. The van der Waals surface area contributed by atoms with E-state index >= 15 is 0 Å². The minimum atomic E-state index is -0.0898. The monoisotopic (exact) mass is 160 g/mol. The van der Waals surface area contributed by atoms with E-state index in [-0.39, 0.29) is 5.60 Å². The first-order valence-electron chi connectivity index (χ1n) is 4.21. The number of hydrogen-bond acceptors (Lipinski definition) is 2. The Morgan fingerprint density at radius 1 is 1.27 bits per heavy atom. The minimum absolute atomic E-state index is 0.0898. The van der Waals surface area contributed by atoms with Crippen LogP contribution in [0.15, 0.2) is 0 Å². The van der Waals surface area contributed by atoms with Crippen molar-refractivity contribution in [3.8, 4) is 0 Å². The van der Waals surface area contributed by atoms with Crippen LogP contribution >= 0.6 is 0 Å². The van der Waals surface area contributed by atoms with Crippen molar-refractivity contribution in [1.29, 1.82) is 0 Å². The molecule has 0 N–H and O–H groups in total. The SMILES string of the molecule is CCC(C)OCOC(C)(C)C. The van der Waals surface area contributed by atoms with Gasteiger partial charge in [-0.1, -0.05) is 6.92 Å². The topological polar surface area (TPSA) is 18.5 Å². The second-order valence-electron chi connectivity index (χ2n) is 3.76. The largest absolute Gasteiger partial charge is 0.352 e. The van der Waals surface area contributed by atoms with Crippen molar-refractivity contribution in [3.63, 3.8) is 0 Å². The van der Waals surface area contributed by atoms with Crippen LogP contribution in [0.25, 0.3) is 0 Å². The second kappa shape index (κ2) is 4.73. The molecule has 0 spiro atoms. The Hall–Kier alpha value is -0.0800. The van der Waals surface area contributed by atoms with Gasteiger partial charge >= 0.3 is 0 Å². The molecule has 1 unspecified atom stereocenters. The van der Waals surface area contributed by atoms with Crippen LogP contribution in [-0.4, -0.2) is 18.5 Å². The van der Waals surface area contributed by atoms with Gasteiger partial charge < -0.3 is 9.47 Å². The molecule has 0 bridgehead atoms. The fourth-order valence-corrected chi connectivity index (χ4v) is 0.445. The lowest BCUT2D eigenvalue weighted by Gasteiger charge is -2.20. The average Bonchev–Trinajstić information content (AvgIpc) is 1.85. The smallest absolute Gasteiger partial charge is 0.147 e. The van der Waals surface area contributed by atoms with Gasteiger partial charge in [0.05, 0.1) is 11.7 Å². The van der Waals surface area contributed by atoms with Gasteiger partial charge in [-0.2, -0.15) is 0 Å². The van der Waals surface area contributed by atoms with Crippen molar-refractivity contribution in [2.75, 3.05) is 6.79 Å². The Kier molecular flexibility index (Phi) is 4.69. The summed E-state index contributed by atoms with van der Waals surface area (Å²) in [6.45, 7) is 10.6. The van der Waals surface area contributed by atoms with Crippen LogP contribution in [0.1, 0.15) is 41.0 Å². The van der Waals surface area contributed by atoms with Gasteiger partial charge in [-0.15, -0.1) is 0 Å². The molecule has 0 rings (SSSR count). The van der Waals surface area contributed by atoms with Crippen LogP contribution in [-0.2, 0) is 9.47 Å². The molecule has 0 amide bonds. The third kappa shape index (κ3) is 7.82. The summed E-state index contributed by atoms with van der Waals surface area (Å²) in [6, 6.07) is 0. The minimum Gasteiger partial charge on any atom is -0.352 e. The summed E-state index contributed by atoms with van der Waals surface area (Å²) < 4.78 is 10.7. The highest BCUT2D eigenvalue weighted by Gasteiger charge is 2.10. The van der Waals surface area contributed by atoms with Crippen molar-refractivity contribution < 1.29 is 9.47 Å². The van der Waals surface area contributed by atoms with Gasteiger partial charge in [0.2, 0.25) is 0 Å². The van der Waals surface area contributed by atoms with Crippen LogP contribution in [0.5, 0.6) is 0 Å². The average molecular weight is 160 g/mol. The molecule has 2 heteroatoms. The lowest BCUT2D eigenvalue weighted by molar-refractivity contribution is -0.139. The lowest BCUT2D eigenvalue weighted by atomic mass is 10.2. The van der Waals surface area contributed by atoms with Crippen molar-refractivity contribution >= 4 is 0 Å². The van der Waals surface area contributed by atoms with E-state index in [0.29, 0.717) is 12.9 Å². The number of hydrogen-bond donors (Lipinski definition) is 0. The lowest BCUT2D eigenvalue weighted by Crippen LogP contribution is -2.22. The first kappa shape index (κ1) is 10.9. The Bertz CT molecular complexity index is 94.2. The van der Waals surface area contributed by atoms with E-state index in [1.807, 2.05) is 27.7 Å². The summed E-state index contributed by atoms with van der Waals surface area (Å²) in [5.41, 5.74) is -0.0898. The molecule has 0 radical (unpaired) electrons. The van der Waals surface area contributed by atoms with Crippen molar-refractivity contribution in [2.24, 2.45) is 0 Å². The molecule has 11 heavy (non-hydrogen) atoms. The van der Waals surface area contributed by atoms with Gasteiger partial charge in [0.1, 0.15) is 6.79 Å². The van der Waals surface area contributed by atoms with Crippen LogP contribution in [0.3, 0.4) is 0 Å². The highest BCUT2D eigenvalue weighted by molar-refractivity contribution is 4.56. The molecule has 0 aliphatic heterocycles. The van der Waals surface area contributed by atoms with E-state index in [1.54, 1.807) is 0 Å². The van der Waals surface area contributed by atoms with E-state index < -0.39 is 0 Å². The highest BCUT2D eigenvalue weighted by Crippen LogP contribution is 2.07. The summed E-state index contributed by atoms with van der Waals surface area (Å²) in [7, 11) is 0. The van der Waals surface area contributed by atoms with E-state index in [9.17, 15) is 0 Å². The Balaban J connectivity index is 3.28. The molecular formula is C9H20O2. The predicted molar refractivity (Wildman–Crippen MR) is 46.5 cm³/mol. The van der Waals surface area contributed by atoms with Crippen molar-refractivity contribution in [2.45, 2.75) is 52.7 Å². The van der Waals surface area contributed by atoms with Crippen LogP contribution in [0.2, 0.25) is 0 Å². The Labute approximate surface area is 69.9 Å². The zero-order valence-corrected chi connectivity index (χ0v) is 8.31. The molecule has 1 atom stereocenters. The fraction of sp³-hybridized carbons (Fsp3) is 1.00. The van der Waals surface area contributed by atoms with E-state index in [1.165, 1.54) is 0 Å². The third-order valence-corrected chi connectivity index (χ3v) is 1.42. The van der Waals surface area contributed by atoms with Crippen LogP contribution in [0.4, 0.5) is 0 Å². The molecule has 68 valence electrons. The predicted octanol–water partition coefficient (Wildman–Crippen LogP) is 2.57. The van der Waals surface area contributed by atoms with E-state index in [2.05, 4.69) is 6.92 Å². The zero-order valence-electron chi connectivity index (χ0n) is 8.31. The summed E-state index contributed by atoms with van der Waals surface area (Å²) in [4.78, 5) is 0. The van der Waals surface area contributed by atoms with Gasteiger partial charge in [0.15, 0.2) is 0 Å². The summed E-state index contributed by atoms with van der Waals surface area (Å²) in [5.74, 6) is 0. The standard InChI is InChI=1S/C9H20O2/c1-6-8(2)10-7-11-9(3,4)5/h8H,6-7H2,1-5H3. The molecule has 0 aromatic heterocycles. The molecule has 0 saturated carbocycles. The molecular weight excluding hydrogens is 140 g/mol. The van der Waals surface area contributed by atoms with Crippen LogP contribution < -0.4 is 0 Å². The molecule has 0 fully saturated rings. The van der Waals surface area contributed by atoms with Gasteiger partial charge in [-0.25, -0.2) is 0 Å². The van der Waals surface area contributed by atoms with Crippen molar-refractivity contribution in [1.82, 2.24) is 0 Å². The van der Waals surface area contributed by atoms with Gasteiger partial charge in [-0.05, 0) is 34.1 Å². The van der Waals surface area contributed by atoms with Crippen LogP contribution in [0, 0.1) is 0 Å². The molecule has 0 aromatic rings. The maximum absolute atomic E-state index is 5.38. The molecule has 0 aliphatic rings. The van der Waals surface area contributed by atoms with E-state index in [4.69, 9.17) is 9.47 Å². The van der Waals surface area contributed by atoms with E-state index in [0.717, 1.165) is 6.42 Å². The zero-order chi connectivity index (χ0) is 8.91. The normalized spacial score (nSPS) is 15.0. The highest BCUT2D eigenvalue weighted by atomic mass is 16.7. The summed E-state index contributed by atoms with van der Waals surface area (Å²) in [6.07, 6.45) is 1.34. The third-order valence-electron chi connectivity index (χ3n) is 1.42. The van der Waals surface area contributed by atoms with Gasteiger partial charge in [0.25, 0.3) is 0 Å². The first-order valence-corrected chi connectivity index (χ1v) is 4.21. The van der Waals surface area contributed by atoms with Gasteiger partial charge in [-0.3, -0.25) is 0 Å². The first-order chi connectivity index (χ1) is 4.95. The fourth-order valence-electron chi connectivity index (χ4n) is 0.445. The maximum atomic E-state index is 5.38. The quantitative estimate of drug-likeness (QED) is 0.588. The molecule has 0 aliphatic carbocycles. The second-order valence-corrected chi connectivity index (χ2v) is 3.76. The maximum Gasteiger partial charge on any atom is 0.147 e. The summed E-state index contributed by atoms with van der Waals surface area (Å²) >= 11 is 0. The van der Waals surface area contributed by atoms with Crippen molar-refractivity contribution in [3.05, 3.63) is 0 Å². The number of ether oxygens (including phenoxy) is 2. The Morgan fingerprint density at radius 3 is 2.18 bits per heavy atom. The Morgan fingerprint density at radius 2 is 1.82 bits per heavy atom. The van der Waals surface area contributed by atoms with Gasteiger partial charge in [0, 0.05) is 0 Å². The molecule has 2 nitrogen and oxygen atoms in total. The molecule has 0 saturated heterocycles. The molecule has 0 aromatic carbocycles. The summed E-state index contributed by atoms with van der Waals surface area (Å²) in [5, 5.41) is 0.